The third kappa shape index (κ3) is 1.90. The summed E-state index contributed by atoms with van der Waals surface area (Å²) >= 11 is 6.13. The monoisotopic (exact) mass is 272 g/mol. The molecule has 94 valence electrons. The van der Waals surface area contributed by atoms with Crippen LogP contribution in [0.25, 0.3) is 21.8 Å². The number of hydrogen-bond donors (Lipinski definition) is 0. The molecule has 0 saturated heterocycles. The third-order valence-electron chi connectivity index (χ3n) is 2.92. The van der Waals surface area contributed by atoms with E-state index >= 15 is 0 Å². The number of carbonyl (C=O) groups excluding carboxylic acids is 1. The molecular formula is C14H9ClN2O2. The summed E-state index contributed by atoms with van der Waals surface area (Å²) in [5.74, 6) is -0.402. The van der Waals surface area contributed by atoms with Crippen molar-refractivity contribution in [3.63, 3.8) is 0 Å². The highest BCUT2D eigenvalue weighted by atomic mass is 35.5. The molecule has 0 spiro atoms. The van der Waals surface area contributed by atoms with Crippen LogP contribution in [0.3, 0.4) is 0 Å². The van der Waals surface area contributed by atoms with Gasteiger partial charge >= 0.3 is 5.97 Å². The van der Waals surface area contributed by atoms with Crippen molar-refractivity contribution in [3.05, 3.63) is 47.2 Å². The fraction of sp³-hybridized carbons (Fsp3) is 0.0714. The Kier molecular flexibility index (Phi) is 2.80. The molecule has 19 heavy (non-hydrogen) atoms. The van der Waals surface area contributed by atoms with Gasteiger partial charge in [-0.05, 0) is 30.3 Å². The van der Waals surface area contributed by atoms with E-state index in [1.165, 1.54) is 7.11 Å². The molecule has 0 radical (unpaired) electrons. The van der Waals surface area contributed by atoms with Crippen molar-refractivity contribution in [2.75, 3.05) is 7.11 Å². The number of esters is 1. The van der Waals surface area contributed by atoms with Gasteiger partial charge in [0.05, 0.1) is 23.7 Å². The maximum absolute atomic E-state index is 11.5. The number of halogens is 1. The number of aromatic nitrogens is 2. The van der Waals surface area contributed by atoms with E-state index in [4.69, 9.17) is 11.6 Å². The summed E-state index contributed by atoms with van der Waals surface area (Å²) in [7, 11) is 1.34. The Labute approximate surface area is 114 Å². The molecule has 0 atom stereocenters. The number of hydrogen-bond acceptors (Lipinski definition) is 4. The van der Waals surface area contributed by atoms with E-state index in [1.807, 2.05) is 12.1 Å². The first-order valence-corrected chi connectivity index (χ1v) is 6.01. The minimum atomic E-state index is -0.402. The van der Waals surface area contributed by atoms with Gasteiger partial charge in [-0.1, -0.05) is 11.6 Å². The van der Waals surface area contributed by atoms with Gasteiger partial charge < -0.3 is 4.74 Å². The predicted octanol–water partition coefficient (Wildman–Crippen LogP) is 3.22. The van der Waals surface area contributed by atoms with Crippen molar-refractivity contribution in [2.45, 2.75) is 0 Å². The van der Waals surface area contributed by atoms with Crippen molar-refractivity contribution in [2.24, 2.45) is 0 Å². The van der Waals surface area contributed by atoms with Crippen LogP contribution in [-0.4, -0.2) is 23.0 Å². The van der Waals surface area contributed by atoms with Crippen LogP contribution < -0.4 is 0 Å². The van der Waals surface area contributed by atoms with Gasteiger partial charge in [-0.25, -0.2) is 9.78 Å². The van der Waals surface area contributed by atoms with Crippen LogP contribution in [0.4, 0.5) is 0 Å². The second-order valence-electron chi connectivity index (χ2n) is 4.03. The van der Waals surface area contributed by atoms with E-state index in [9.17, 15) is 4.79 Å². The molecular weight excluding hydrogens is 264 g/mol. The fourth-order valence-electron chi connectivity index (χ4n) is 2.02. The third-order valence-corrected chi connectivity index (χ3v) is 3.21. The second-order valence-corrected chi connectivity index (χ2v) is 4.38. The molecule has 0 aliphatic rings. The summed E-state index contributed by atoms with van der Waals surface area (Å²) in [5.41, 5.74) is 1.84. The van der Waals surface area contributed by atoms with E-state index in [-0.39, 0.29) is 0 Å². The number of nitrogens with zero attached hydrogens (tertiary/aromatic N) is 2. The lowest BCUT2D eigenvalue weighted by Crippen LogP contribution is -2.01. The average molecular weight is 273 g/mol. The zero-order valence-corrected chi connectivity index (χ0v) is 10.8. The Morgan fingerprint density at radius 3 is 2.89 bits per heavy atom. The summed E-state index contributed by atoms with van der Waals surface area (Å²) in [6.07, 6.45) is 1.70. The lowest BCUT2D eigenvalue weighted by molar-refractivity contribution is 0.0601. The van der Waals surface area contributed by atoms with E-state index in [1.54, 1.807) is 24.4 Å². The lowest BCUT2D eigenvalue weighted by Gasteiger charge is -2.06. The summed E-state index contributed by atoms with van der Waals surface area (Å²) in [4.78, 5) is 20.1. The summed E-state index contributed by atoms with van der Waals surface area (Å²) in [6.45, 7) is 0. The molecule has 0 fully saturated rings. The summed E-state index contributed by atoms with van der Waals surface area (Å²) < 4.78 is 4.69. The average Bonchev–Trinajstić information content (AvgIpc) is 2.46. The predicted molar refractivity (Wildman–Crippen MR) is 73.4 cm³/mol. The SMILES string of the molecule is COC(=O)c1ccc2c(c1)nc(Cl)c1cccnc12. The number of fused-ring (bicyclic) bond motifs is 3. The number of methoxy groups -OCH3 is 1. The van der Waals surface area contributed by atoms with Crippen molar-refractivity contribution >= 4 is 39.4 Å². The minimum Gasteiger partial charge on any atom is -0.465 e. The number of benzene rings is 1. The van der Waals surface area contributed by atoms with E-state index in [0.29, 0.717) is 16.2 Å². The standard InChI is InChI=1S/C14H9ClN2O2/c1-19-14(18)8-4-5-9-11(7-8)17-13(15)10-3-2-6-16-12(9)10/h2-7H,1H3. The molecule has 0 N–H and O–H groups in total. The van der Waals surface area contributed by atoms with Gasteiger partial charge in [0, 0.05) is 17.0 Å². The van der Waals surface area contributed by atoms with Gasteiger partial charge in [0.25, 0.3) is 0 Å². The second kappa shape index (κ2) is 4.48. The van der Waals surface area contributed by atoms with Gasteiger partial charge in [0.1, 0.15) is 5.15 Å². The van der Waals surface area contributed by atoms with Crippen LogP contribution in [0.5, 0.6) is 0 Å². The van der Waals surface area contributed by atoms with Crippen LogP contribution in [0.15, 0.2) is 36.5 Å². The van der Waals surface area contributed by atoms with Crippen LogP contribution >= 0.6 is 11.6 Å². The molecule has 0 amide bonds. The van der Waals surface area contributed by atoms with Crippen LogP contribution in [0.1, 0.15) is 10.4 Å². The maximum Gasteiger partial charge on any atom is 0.337 e. The Morgan fingerprint density at radius 1 is 1.26 bits per heavy atom. The molecule has 0 unspecified atom stereocenters. The molecule has 1 aromatic carbocycles. The van der Waals surface area contributed by atoms with E-state index in [2.05, 4.69) is 14.7 Å². The molecule has 2 heterocycles. The van der Waals surface area contributed by atoms with Gasteiger partial charge in [0.2, 0.25) is 0 Å². The number of carbonyl (C=O) groups is 1. The van der Waals surface area contributed by atoms with Gasteiger partial charge in [0.15, 0.2) is 0 Å². The zero-order valence-electron chi connectivity index (χ0n) is 10.1. The highest BCUT2D eigenvalue weighted by Gasteiger charge is 2.11. The molecule has 4 nitrogen and oxygen atoms in total. The molecule has 0 aliphatic carbocycles. The quantitative estimate of drug-likeness (QED) is 0.388. The first-order chi connectivity index (χ1) is 9.20. The van der Waals surface area contributed by atoms with Crippen molar-refractivity contribution in [3.8, 4) is 0 Å². The van der Waals surface area contributed by atoms with Crippen molar-refractivity contribution in [1.29, 1.82) is 0 Å². The van der Waals surface area contributed by atoms with Gasteiger partial charge in [-0.3, -0.25) is 4.98 Å². The minimum absolute atomic E-state index is 0.373. The van der Waals surface area contributed by atoms with E-state index in [0.717, 1.165) is 16.3 Å². The van der Waals surface area contributed by atoms with Crippen molar-refractivity contribution < 1.29 is 9.53 Å². The van der Waals surface area contributed by atoms with Crippen LogP contribution in [0, 0.1) is 0 Å². The number of rotatable bonds is 1. The summed E-state index contributed by atoms with van der Waals surface area (Å²) in [6, 6.07) is 8.83. The molecule has 0 saturated carbocycles. The van der Waals surface area contributed by atoms with Gasteiger partial charge in [-0.2, -0.15) is 0 Å². The Balaban J connectivity index is 2.37. The largest absolute Gasteiger partial charge is 0.465 e. The highest BCUT2D eigenvalue weighted by Crippen LogP contribution is 2.27. The molecule has 5 heteroatoms. The van der Waals surface area contributed by atoms with Crippen LogP contribution in [0.2, 0.25) is 5.15 Å². The van der Waals surface area contributed by atoms with Gasteiger partial charge in [-0.15, -0.1) is 0 Å². The first-order valence-electron chi connectivity index (χ1n) is 5.63. The fourth-order valence-corrected chi connectivity index (χ4v) is 2.27. The Morgan fingerprint density at radius 2 is 2.11 bits per heavy atom. The van der Waals surface area contributed by atoms with E-state index < -0.39 is 5.97 Å². The molecule has 3 aromatic rings. The normalized spacial score (nSPS) is 10.8. The summed E-state index contributed by atoms with van der Waals surface area (Å²) in [5, 5.41) is 2.02. The number of ether oxygens (including phenoxy) is 1. The number of pyridine rings is 2. The topological polar surface area (TPSA) is 52.1 Å². The van der Waals surface area contributed by atoms with Crippen LogP contribution in [-0.2, 0) is 4.74 Å². The zero-order chi connectivity index (χ0) is 13.4. The Hall–Kier alpha value is -2.20. The highest BCUT2D eigenvalue weighted by molar-refractivity contribution is 6.35. The molecule has 2 aromatic heterocycles. The molecule has 0 aliphatic heterocycles. The molecule has 3 rings (SSSR count). The smallest absolute Gasteiger partial charge is 0.337 e. The lowest BCUT2D eigenvalue weighted by atomic mass is 10.1. The van der Waals surface area contributed by atoms with Crippen molar-refractivity contribution in [1.82, 2.24) is 9.97 Å². The Bertz CT molecular complexity index is 802. The molecule has 0 bridgehead atoms. The maximum atomic E-state index is 11.5. The first kappa shape index (κ1) is 11.9.